The highest BCUT2D eigenvalue weighted by molar-refractivity contribution is 5.48. The smallest absolute Gasteiger partial charge is 0.294 e. The first kappa shape index (κ1) is 14.4. The van der Waals surface area contributed by atoms with Gasteiger partial charge in [-0.1, -0.05) is 32.9 Å². The lowest BCUT2D eigenvalue weighted by molar-refractivity contribution is 0.463. The largest absolute Gasteiger partial charge is 0.393 e. The number of nitrogens with two attached hydrogens (primary N) is 1. The van der Waals surface area contributed by atoms with Crippen molar-refractivity contribution in [1.82, 2.24) is 9.36 Å². The van der Waals surface area contributed by atoms with Crippen molar-refractivity contribution in [2.75, 3.05) is 5.73 Å². The Bertz CT molecular complexity index is 692. The molecule has 1 heterocycles. The van der Waals surface area contributed by atoms with E-state index in [9.17, 15) is 9.18 Å². The average Bonchev–Trinajstić information content (AvgIpc) is 2.62. The van der Waals surface area contributed by atoms with Crippen LogP contribution in [0.1, 0.15) is 33.4 Å². The minimum atomic E-state index is -0.442. The summed E-state index contributed by atoms with van der Waals surface area (Å²) in [4.78, 5) is 12.4. The van der Waals surface area contributed by atoms with Crippen LogP contribution in [-0.2, 0) is 12.0 Å². The summed E-state index contributed by atoms with van der Waals surface area (Å²) in [5.41, 5.74) is 6.44. The third-order valence-electron chi connectivity index (χ3n) is 3.27. The average molecular weight is 277 g/mol. The second-order valence-electron chi connectivity index (χ2n) is 5.80. The van der Waals surface area contributed by atoms with Gasteiger partial charge in [0.2, 0.25) is 0 Å². The van der Waals surface area contributed by atoms with Crippen LogP contribution in [-0.4, -0.2) is 9.36 Å². The van der Waals surface area contributed by atoms with Gasteiger partial charge in [0.05, 0.1) is 5.69 Å². The fourth-order valence-electron chi connectivity index (χ4n) is 2.52. The summed E-state index contributed by atoms with van der Waals surface area (Å²) in [6.45, 7) is 8.39. The molecule has 4 nitrogen and oxygen atoms in total. The molecule has 0 unspecified atom stereocenters. The van der Waals surface area contributed by atoms with Crippen molar-refractivity contribution in [3.8, 4) is 5.69 Å². The lowest BCUT2D eigenvalue weighted by Crippen LogP contribution is -2.24. The van der Waals surface area contributed by atoms with Crippen LogP contribution in [0.5, 0.6) is 0 Å². The van der Waals surface area contributed by atoms with Gasteiger partial charge in [-0.15, -0.1) is 0 Å². The summed E-state index contributed by atoms with van der Waals surface area (Å²) in [5.74, 6) is -0.442. The lowest BCUT2D eigenvalue weighted by Gasteiger charge is -2.22. The molecule has 0 aliphatic heterocycles. The Labute approximate surface area is 117 Å². The van der Waals surface area contributed by atoms with Crippen LogP contribution in [0.2, 0.25) is 0 Å². The summed E-state index contributed by atoms with van der Waals surface area (Å²) in [7, 11) is 0. The molecule has 0 spiro atoms. The van der Waals surface area contributed by atoms with Crippen LogP contribution in [0.4, 0.5) is 10.1 Å². The van der Waals surface area contributed by atoms with Gasteiger partial charge in [-0.25, -0.2) is 9.07 Å². The number of anilines is 1. The van der Waals surface area contributed by atoms with Crippen LogP contribution in [0.3, 0.4) is 0 Å². The number of para-hydroxylation sites is 1. The maximum Gasteiger partial charge on any atom is 0.294 e. The van der Waals surface area contributed by atoms with Crippen molar-refractivity contribution in [2.45, 2.75) is 39.7 Å². The van der Waals surface area contributed by atoms with Gasteiger partial charge in [0.1, 0.15) is 17.2 Å². The second kappa shape index (κ2) is 4.81. The van der Waals surface area contributed by atoms with Crippen LogP contribution in [0.25, 0.3) is 5.69 Å². The third kappa shape index (κ3) is 2.13. The number of aromatic nitrogens is 2. The van der Waals surface area contributed by atoms with Gasteiger partial charge in [-0.05, 0) is 19.1 Å². The van der Waals surface area contributed by atoms with Crippen molar-refractivity contribution in [3.05, 3.63) is 46.1 Å². The molecule has 2 rings (SSSR count). The Morgan fingerprint density at radius 2 is 1.85 bits per heavy atom. The van der Waals surface area contributed by atoms with Gasteiger partial charge in [0.25, 0.3) is 5.56 Å². The van der Waals surface area contributed by atoms with E-state index in [0.29, 0.717) is 6.54 Å². The Morgan fingerprint density at radius 3 is 2.35 bits per heavy atom. The van der Waals surface area contributed by atoms with Gasteiger partial charge in [0.15, 0.2) is 0 Å². The fraction of sp³-hybridized carbons (Fsp3) is 0.400. The van der Waals surface area contributed by atoms with E-state index in [1.165, 1.54) is 10.7 Å². The Morgan fingerprint density at radius 1 is 1.25 bits per heavy atom. The van der Waals surface area contributed by atoms with Crippen molar-refractivity contribution in [2.24, 2.45) is 0 Å². The minimum absolute atomic E-state index is 0.183. The van der Waals surface area contributed by atoms with Crippen molar-refractivity contribution < 1.29 is 4.39 Å². The number of benzene rings is 1. The molecule has 0 saturated heterocycles. The van der Waals surface area contributed by atoms with Crippen LogP contribution in [0.15, 0.2) is 29.1 Å². The highest BCUT2D eigenvalue weighted by Gasteiger charge is 2.27. The molecule has 0 saturated carbocycles. The van der Waals surface area contributed by atoms with Crippen LogP contribution < -0.4 is 11.3 Å². The summed E-state index contributed by atoms with van der Waals surface area (Å²) in [5, 5.41) is 0. The van der Waals surface area contributed by atoms with Gasteiger partial charge in [-0.2, -0.15) is 0 Å². The van der Waals surface area contributed by atoms with Crippen molar-refractivity contribution >= 4 is 5.69 Å². The van der Waals surface area contributed by atoms with E-state index in [-0.39, 0.29) is 22.3 Å². The molecule has 0 aliphatic carbocycles. The normalized spacial score (nSPS) is 11.8. The number of hydrogen-bond donors (Lipinski definition) is 1. The van der Waals surface area contributed by atoms with E-state index in [1.54, 1.807) is 22.9 Å². The van der Waals surface area contributed by atoms with Gasteiger partial charge >= 0.3 is 0 Å². The topological polar surface area (TPSA) is 52.9 Å². The maximum atomic E-state index is 14.0. The molecule has 5 heteroatoms. The molecule has 0 atom stereocenters. The quantitative estimate of drug-likeness (QED) is 0.917. The van der Waals surface area contributed by atoms with Gasteiger partial charge in [-0.3, -0.25) is 9.48 Å². The lowest BCUT2D eigenvalue weighted by atomic mass is 9.91. The molecular weight excluding hydrogens is 257 g/mol. The number of halogens is 1. The standard InChI is InChI=1S/C15H20FN3O/c1-5-18-13(15(2,3)4)12(17)14(20)19(18)11-9-7-6-8-10(11)16/h6-9H,5,17H2,1-4H3. The molecule has 108 valence electrons. The predicted octanol–water partition coefficient (Wildman–Crippen LogP) is 2.68. The summed E-state index contributed by atoms with van der Waals surface area (Å²) < 4.78 is 17.1. The molecule has 0 aliphatic rings. The van der Waals surface area contributed by atoms with Gasteiger partial charge < -0.3 is 5.73 Å². The monoisotopic (exact) mass is 277 g/mol. The first-order valence-corrected chi connectivity index (χ1v) is 6.65. The molecule has 0 amide bonds. The highest BCUT2D eigenvalue weighted by Crippen LogP contribution is 2.27. The number of rotatable bonds is 2. The minimum Gasteiger partial charge on any atom is -0.393 e. The SMILES string of the molecule is CCn1c(C(C)(C)C)c(N)c(=O)n1-c1ccccc1F. The molecule has 2 N–H and O–H groups in total. The highest BCUT2D eigenvalue weighted by atomic mass is 19.1. The summed E-state index contributed by atoms with van der Waals surface area (Å²) >= 11 is 0. The van der Waals surface area contributed by atoms with Crippen molar-refractivity contribution in [1.29, 1.82) is 0 Å². The molecule has 0 fully saturated rings. The number of nitrogens with zero attached hydrogens (tertiary/aromatic N) is 2. The Hall–Kier alpha value is -2.04. The third-order valence-corrected chi connectivity index (χ3v) is 3.27. The maximum absolute atomic E-state index is 14.0. The molecule has 0 radical (unpaired) electrons. The molecular formula is C15H20FN3O. The zero-order valence-electron chi connectivity index (χ0n) is 12.3. The summed E-state index contributed by atoms with van der Waals surface area (Å²) in [6, 6.07) is 6.21. The first-order chi connectivity index (χ1) is 9.29. The molecule has 0 bridgehead atoms. The second-order valence-corrected chi connectivity index (χ2v) is 5.80. The van der Waals surface area contributed by atoms with E-state index < -0.39 is 5.82 Å². The first-order valence-electron chi connectivity index (χ1n) is 6.65. The molecule has 2 aromatic rings. The summed E-state index contributed by atoms with van der Waals surface area (Å²) in [6.07, 6.45) is 0. The van der Waals surface area contributed by atoms with E-state index in [2.05, 4.69) is 0 Å². The zero-order chi connectivity index (χ0) is 15.1. The van der Waals surface area contributed by atoms with Gasteiger partial charge in [0, 0.05) is 12.0 Å². The van der Waals surface area contributed by atoms with E-state index >= 15 is 0 Å². The van der Waals surface area contributed by atoms with E-state index in [0.717, 1.165) is 5.69 Å². The van der Waals surface area contributed by atoms with E-state index in [1.807, 2.05) is 27.7 Å². The van der Waals surface area contributed by atoms with Crippen LogP contribution >= 0.6 is 0 Å². The number of nitrogen functional groups attached to an aromatic ring is 1. The Balaban J connectivity index is 2.86. The van der Waals surface area contributed by atoms with Crippen molar-refractivity contribution in [3.63, 3.8) is 0 Å². The molecule has 20 heavy (non-hydrogen) atoms. The fourth-order valence-corrected chi connectivity index (χ4v) is 2.52. The van der Waals surface area contributed by atoms with Crippen LogP contribution in [0, 0.1) is 5.82 Å². The van der Waals surface area contributed by atoms with E-state index in [4.69, 9.17) is 5.73 Å². The number of hydrogen-bond acceptors (Lipinski definition) is 2. The molecule has 1 aromatic carbocycles. The Kier molecular flexibility index (Phi) is 3.46. The molecule has 1 aromatic heterocycles. The predicted molar refractivity (Wildman–Crippen MR) is 78.8 cm³/mol. The zero-order valence-corrected chi connectivity index (χ0v) is 12.3.